The molecule has 0 aliphatic heterocycles. The van der Waals surface area contributed by atoms with Crippen molar-refractivity contribution in [1.82, 2.24) is 19.7 Å². The van der Waals surface area contributed by atoms with Crippen LogP contribution in [0.1, 0.15) is 18.6 Å². The molecule has 0 fully saturated rings. The molecule has 0 spiro atoms. The molecule has 0 N–H and O–H groups in total. The van der Waals surface area contributed by atoms with Gasteiger partial charge in [0.25, 0.3) is 5.89 Å². The maximum absolute atomic E-state index is 5.28. The number of aromatic nitrogens is 4. The average Bonchev–Trinajstić information content (AvgIpc) is 3.09. The van der Waals surface area contributed by atoms with Gasteiger partial charge < -0.3 is 9.09 Å². The number of imidazole rings is 1. The van der Waals surface area contributed by atoms with Gasteiger partial charge in [-0.15, -0.1) is 0 Å². The Bertz CT molecular complexity index is 657. The van der Waals surface area contributed by atoms with Crippen molar-refractivity contribution >= 4 is 0 Å². The van der Waals surface area contributed by atoms with Crippen molar-refractivity contribution in [2.45, 2.75) is 19.9 Å². The van der Waals surface area contributed by atoms with Crippen LogP contribution < -0.4 is 0 Å². The normalized spacial score (nSPS) is 10.8. The fourth-order valence-corrected chi connectivity index (χ4v) is 1.97. The second kappa shape index (κ2) is 5.06. The van der Waals surface area contributed by atoms with Crippen LogP contribution in [0, 0.1) is 0 Å². The molecule has 19 heavy (non-hydrogen) atoms. The van der Waals surface area contributed by atoms with E-state index in [-0.39, 0.29) is 0 Å². The van der Waals surface area contributed by atoms with Gasteiger partial charge in [0, 0.05) is 24.4 Å². The smallest absolute Gasteiger partial charge is 0.257 e. The maximum atomic E-state index is 5.28. The third-order valence-electron chi connectivity index (χ3n) is 2.92. The van der Waals surface area contributed by atoms with Crippen molar-refractivity contribution in [2.24, 2.45) is 0 Å². The SMILES string of the molecule is CCc1nccn1Cc1noc(-c2ccccc2)n1. The lowest BCUT2D eigenvalue weighted by Crippen LogP contribution is -2.04. The minimum absolute atomic E-state index is 0.550. The molecule has 2 heterocycles. The molecule has 0 saturated heterocycles. The Balaban J connectivity index is 1.82. The zero-order valence-electron chi connectivity index (χ0n) is 10.7. The lowest BCUT2D eigenvalue weighted by atomic mass is 10.2. The van der Waals surface area contributed by atoms with Gasteiger partial charge in [-0.25, -0.2) is 4.98 Å². The number of rotatable bonds is 4. The Morgan fingerprint density at radius 2 is 2.05 bits per heavy atom. The third kappa shape index (κ3) is 2.40. The molecule has 0 saturated carbocycles. The summed E-state index contributed by atoms with van der Waals surface area (Å²) in [6, 6.07) is 9.76. The van der Waals surface area contributed by atoms with Gasteiger partial charge in [0.1, 0.15) is 5.82 Å². The summed E-state index contributed by atoms with van der Waals surface area (Å²) in [5, 5.41) is 4.01. The predicted octanol–water partition coefficient (Wildman–Crippen LogP) is 2.54. The Morgan fingerprint density at radius 3 is 2.84 bits per heavy atom. The van der Waals surface area contributed by atoms with Crippen molar-refractivity contribution in [3.8, 4) is 11.5 Å². The quantitative estimate of drug-likeness (QED) is 0.718. The first kappa shape index (κ1) is 11.6. The van der Waals surface area contributed by atoms with Crippen LogP contribution in [0.25, 0.3) is 11.5 Å². The molecule has 96 valence electrons. The summed E-state index contributed by atoms with van der Waals surface area (Å²) in [5.41, 5.74) is 0.933. The van der Waals surface area contributed by atoms with Gasteiger partial charge in [0.2, 0.25) is 0 Å². The van der Waals surface area contributed by atoms with Gasteiger partial charge in [-0.3, -0.25) is 0 Å². The fourth-order valence-electron chi connectivity index (χ4n) is 1.97. The van der Waals surface area contributed by atoms with Crippen LogP contribution in [0.4, 0.5) is 0 Å². The van der Waals surface area contributed by atoms with E-state index in [2.05, 4.69) is 22.0 Å². The molecule has 0 unspecified atom stereocenters. The summed E-state index contributed by atoms with van der Waals surface area (Å²) in [4.78, 5) is 8.68. The fraction of sp³-hybridized carbons (Fsp3) is 0.214. The van der Waals surface area contributed by atoms with Crippen LogP contribution in [0.15, 0.2) is 47.2 Å². The van der Waals surface area contributed by atoms with Crippen LogP contribution in [0.3, 0.4) is 0 Å². The molecule has 0 atom stereocenters. The van der Waals surface area contributed by atoms with Crippen molar-refractivity contribution in [3.63, 3.8) is 0 Å². The molecule has 5 heteroatoms. The van der Waals surface area contributed by atoms with Crippen molar-refractivity contribution in [2.75, 3.05) is 0 Å². The summed E-state index contributed by atoms with van der Waals surface area (Å²) < 4.78 is 7.31. The minimum Gasteiger partial charge on any atom is -0.334 e. The zero-order valence-corrected chi connectivity index (χ0v) is 10.7. The predicted molar refractivity (Wildman–Crippen MR) is 70.4 cm³/mol. The van der Waals surface area contributed by atoms with Gasteiger partial charge in [-0.05, 0) is 12.1 Å². The van der Waals surface area contributed by atoms with E-state index in [9.17, 15) is 0 Å². The topological polar surface area (TPSA) is 56.7 Å². The van der Waals surface area contributed by atoms with E-state index in [4.69, 9.17) is 4.52 Å². The van der Waals surface area contributed by atoms with Gasteiger partial charge in [0.05, 0.1) is 6.54 Å². The molecular weight excluding hydrogens is 240 g/mol. The molecule has 0 aliphatic carbocycles. The molecular formula is C14H14N4O. The van der Waals surface area contributed by atoms with E-state index in [1.807, 2.05) is 41.1 Å². The van der Waals surface area contributed by atoms with Crippen LogP contribution in [0.2, 0.25) is 0 Å². The largest absolute Gasteiger partial charge is 0.334 e. The summed E-state index contributed by atoms with van der Waals surface area (Å²) >= 11 is 0. The molecule has 0 bridgehead atoms. The van der Waals surface area contributed by atoms with E-state index in [0.29, 0.717) is 18.3 Å². The first-order chi connectivity index (χ1) is 9.36. The monoisotopic (exact) mass is 254 g/mol. The van der Waals surface area contributed by atoms with Crippen LogP contribution in [-0.4, -0.2) is 19.7 Å². The number of hydrogen-bond donors (Lipinski definition) is 0. The standard InChI is InChI=1S/C14H14N4O/c1-2-13-15-8-9-18(13)10-12-16-14(19-17-12)11-6-4-3-5-7-11/h3-9H,2,10H2,1H3. The first-order valence-electron chi connectivity index (χ1n) is 6.25. The second-order valence-electron chi connectivity index (χ2n) is 4.21. The van der Waals surface area contributed by atoms with Gasteiger partial charge in [-0.1, -0.05) is 30.3 Å². The molecule has 3 aromatic rings. The highest BCUT2D eigenvalue weighted by atomic mass is 16.5. The number of aryl methyl sites for hydroxylation is 1. The van der Waals surface area contributed by atoms with Crippen molar-refractivity contribution in [3.05, 3.63) is 54.4 Å². The maximum Gasteiger partial charge on any atom is 0.257 e. The summed E-state index contributed by atoms with van der Waals surface area (Å²) in [5.74, 6) is 2.23. The Morgan fingerprint density at radius 1 is 1.21 bits per heavy atom. The molecule has 3 rings (SSSR count). The van der Waals surface area contributed by atoms with Crippen LogP contribution in [0.5, 0.6) is 0 Å². The highest BCUT2D eigenvalue weighted by Crippen LogP contribution is 2.16. The van der Waals surface area contributed by atoms with Gasteiger partial charge in [0.15, 0.2) is 5.82 Å². The lowest BCUT2D eigenvalue weighted by Gasteiger charge is -2.01. The Kier molecular flexibility index (Phi) is 3.10. The van der Waals surface area contributed by atoms with E-state index in [0.717, 1.165) is 17.8 Å². The first-order valence-corrected chi connectivity index (χ1v) is 6.25. The average molecular weight is 254 g/mol. The van der Waals surface area contributed by atoms with E-state index >= 15 is 0 Å². The molecule has 1 aromatic carbocycles. The number of benzene rings is 1. The summed E-state index contributed by atoms with van der Waals surface area (Å²) in [6.45, 7) is 2.66. The van der Waals surface area contributed by atoms with E-state index < -0.39 is 0 Å². The number of nitrogens with zero attached hydrogens (tertiary/aromatic N) is 4. The second-order valence-corrected chi connectivity index (χ2v) is 4.21. The zero-order chi connectivity index (χ0) is 13.1. The van der Waals surface area contributed by atoms with Gasteiger partial charge in [-0.2, -0.15) is 4.98 Å². The number of hydrogen-bond acceptors (Lipinski definition) is 4. The highest BCUT2D eigenvalue weighted by molar-refractivity contribution is 5.51. The molecule has 0 aliphatic rings. The van der Waals surface area contributed by atoms with E-state index in [1.165, 1.54) is 0 Å². The van der Waals surface area contributed by atoms with Gasteiger partial charge >= 0.3 is 0 Å². The molecule has 5 nitrogen and oxygen atoms in total. The molecule has 0 radical (unpaired) electrons. The third-order valence-corrected chi connectivity index (χ3v) is 2.92. The Labute approximate surface area is 110 Å². The van der Waals surface area contributed by atoms with Crippen molar-refractivity contribution in [1.29, 1.82) is 0 Å². The summed E-state index contributed by atoms with van der Waals surface area (Å²) in [7, 11) is 0. The minimum atomic E-state index is 0.550. The molecule has 2 aromatic heterocycles. The highest BCUT2D eigenvalue weighted by Gasteiger charge is 2.10. The Hall–Kier alpha value is -2.43. The van der Waals surface area contributed by atoms with Crippen LogP contribution >= 0.6 is 0 Å². The van der Waals surface area contributed by atoms with Crippen LogP contribution in [-0.2, 0) is 13.0 Å². The molecule has 0 amide bonds. The summed E-state index contributed by atoms with van der Waals surface area (Å²) in [6.07, 6.45) is 4.60. The van der Waals surface area contributed by atoms with Crippen molar-refractivity contribution < 1.29 is 4.52 Å². The lowest BCUT2D eigenvalue weighted by molar-refractivity contribution is 0.420. The van der Waals surface area contributed by atoms with E-state index in [1.54, 1.807) is 6.20 Å².